The van der Waals surface area contributed by atoms with Crippen LogP contribution in [0.2, 0.25) is 0 Å². The van der Waals surface area contributed by atoms with Crippen molar-refractivity contribution >= 4 is 18.5 Å². The quantitative estimate of drug-likeness (QED) is 0.242. The molecule has 0 radical (unpaired) electrons. The number of alkyl halides is 4. The molecular weight excluding hydrogens is 599 g/mol. The van der Waals surface area contributed by atoms with Crippen molar-refractivity contribution in [1.82, 2.24) is 9.55 Å². The molecular formula is C24H23F4N2O9PS. The summed E-state index contributed by atoms with van der Waals surface area (Å²) in [5.41, 5.74) is -5.98. The predicted molar refractivity (Wildman–Crippen MR) is 139 cm³/mol. The number of hydrogen-bond acceptors (Lipinski definition) is 10. The first-order valence-corrected chi connectivity index (χ1v) is 14.1. The van der Waals surface area contributed by atoms with Crippen molar-refractivity contribution in [1.29, 1.82) is 0 Å². The Morgan fingerprint density at radius 2 is 1.46 bits per heavy atom. The Morgan fingerprint density at radius 3 is 1.90 bits per heavy atom. The second kappa shape index (κ2) is 11.8. The van der Waals surface area contributed by atoms with Gasteiger partial charge in [-0.1, -0.05) is 0 Å². The van der Waals surface area contributed by atoms with Gasteiger partial charge in [-0.2, -0.15) is 8.78 Å². The molecule has 2 aromatic carbocycles. The summed E-state index contributed by atoms with van der Waals surface area (Å²) in [5.74, 6) is -3.75. The minimum absolute atomic E-state index is 0.0329. The van der Waals surface area contributed by atoms with Gasteiger partial charge in [-0.05, 0) is 48.5 Å². The summed E-state index contributed by atoms with van der Waals surface area (Å²) in [6, 6.07) is 12.3. The van der Waals surface area contributed by atoms with Crippen molar-refractivity contribution in [2.24, 2.45) is 0 Å². The van der Waals surface area contributed by atoms with Crippen LogP contribution in [-0.2, 0) is 21.1 Å². The highest BCUT2D eigenvalue weighted by Gasteiger charge is 2.74. The normalized spacial score (nSPS) is 22.0. The fourth-order valence-electron chi connectivity index (χ4n) is 3.79. The van der Waals surface area contributed by atoms with Gasteiger partial charge >= 0.3 is 18.3 Å². The predicted octanol–water partition coefficient (Wildman–Crippen LogP) is 3.48. The Morgan fingerprint density at radius 1 is 0.976 bits per heavy atom. The fourth-order valence-corrected chi connectivity index (χ4v) is 5.72. The second-order valence-electron chi connectivity index (χ2n) is 8.54. The summed E-state index contributed by atoms with van der Waals surface area (Å²) < 4.78 is 91.9. The van der Waals surface area contributed by atoms with Gasteiger partial charge in [0.05, 0.1) is 20.8 Å². The van der Waals surface area contributed by atoms with Crippen LogP contribution < -0.4 is 29.8 Å². The van der Waals surface area contributed by atoms with E-state index in [2.05, 4.69) is 0 Å². The van der Waals surface area contributed by atoms with E-state index in [9.17, 15) is 23.5 Å². The van der Waals surface area contributed by atoms with Gasteiger partial charge in [-0.15, -0.1) is 0 Å². The number of nitrogens with zero attached hydrogens (tertiary/aromatic N) is 1. The molecule has 1 aliphatic rings. The zero-order valence-corrected chi connectivity index (χ0v) is 23.0. The smallest absolute Gasteiger partial charge is 0.435 e. The molecule has 0 amide bonds. The molecule has 222 valence electrons. The van der Waals surface area contributed by atoms with Crippen molar-refractivity contribution in [2.75, 3.05) is 20.8 Å². The molecule has 1 fully saturated rings. The molecule has 17 heteroatoms. The fraction of sp³-hybridized carbons (Fsp3) is 0.333. The lowest BCUT2D eigenvalue weighted by atomic mass is 9.95. The average molecular weight is 622 g/mol. The number of aromatic amines is 1. The van der Waals surface area contributed by atoms with E-state index >= 15 is 8.78 Å². The van der Waals surface area contributed by atoms with Gasteiger partial charge < -0.3 is 28.4 Å². The summed E-state index contributed by atoms with van der Waals surface area (Å²) in [5, 5.41) is 10.3. The van der Waals surface area contributed by atoms with Gasteiger partial charge in [-0.3, -0.25) is 18.9 Å². The zero-order valence-electron chi connectivity index (χ0n) is 21.2. The van der Waals surface area contributed by atoms with Crippen LogP contribution in [0.4, 0.5) is 17.6 Å². The standard InChI is InChI=1S/C24H23F4N2O9PS/c1-34-14-3-7-16(8-4-14)38-40(41,39-17-9-5-15(35-2)6-10-17)36-13-23(21(25)26)24(27,28)19(32)20(37-23)30-12-11-18(31)29-22(30)33/h3-12,19-21,32H,13H2,1-2H3,(H,29,31,33)/t19?,20-,23+/m0/s1. The van der Waals surface area contributed by atoms with Gasteiger partial charge in [0.25, 0.3) is 12.0 Å². The number of benzene rings is 2. The van der Waals surface area contributed by atoms with E-state index in [1.54, 1.807) is 4.98 Å². The van der Waals surface area contributed by atoms with Crippen molar-refractivity contribution in [3.63, 3.8) is 0 Å². The molecule has 2 heterocycles. The van der Waals surface area contributed by atoms with E-state index in [0.717, 1.165) is 12.3 Å². The van der Waals surface area contributed by atoms with E-state index in [-0.39, 0.29) is 11.5 Å². The number of H-pyrrole nitrogens is 1. The maximum Gasteiger partial charge on any atom is 0.435 e. The van der Waals surface area contributed by atoms with Gasteiger partial charge in [0.15, 0.2) is 12.3 Å². The summed E-state index contributed by atoms with van der Waals surface area (Å²) in [6.45, 7) is -5.85. The number of hydrogen-bond donors (Lipinski definition) is 2. The van der Waals surface area contributed by atoms with Gasteiger partial charge in [0, 0.05) is 24.1 Å². The Hall–Kier alpha value is -3.43. The number of aliphatic hydroxyl groups excluding tert-OH is 1. The molecule has 3 aromatic rings. The van der Waals surface area contributed by atoms with Crippen LogP contribution in [0.25, 0.3) is 0 Å². The highest BCUT2D eigenvalue weighted by molar-refractivity contribution is 8.07. The van der Waals surface area contributed by atoms with Crippen LogP contribution in [0.1, 0.15) is 6.23 Å². The summed E-state index contributed by atoms with van der Waals surface area (Å²) in [6.07, 6.45) is -8.53. The molecule has 4 rings (SSSR count). The second-order valence-corrected chi connectivity index (χ2v) is 11.4. The number of aliphatic hydroxyl groups is 1. The summed E-state index contributed by atoms with van der Waals surface area (Å²) >= 11 is 5.40. The van der Waals surface area contributed by atoms with Crippen molar-refractivity contribution in [2.45, 2.75) is 30.3 Å². The van der Waals surface area contributed by atoms with Crippen molar-refractivity contribution in [3.8, 4) is 23.0 Å². The van der Waals surface area contributed by atoms with E-state index in [1.165, 1.54) is 62.8 Å². The SMILES string of the molecule is COc1ccc(OP(=S)(OC[C@]2(C(F)F)O[C@H](n3ccc(=O)[nH]c3=O)C(O)C2(F)F)Oc2ccc(OC)cc2)cc1. The minimum atomic E-state index is -4.69. The maximum atomic E-state index is 15.4. The van der Waals surface area contributed by atoms with Crippen LogP contribution in [-0.4, -0.2) is 59.5 Å². The molecule has 0 aliphatic carbocycles. The number of ether oxygens (including phenoxy) is 3. The summed E-state index contributed by atoms with van der Waals surface area (Å²) in [4.78, 5) is 25.3. The van der Waals surface area contributed by atoms with Crippen LogP contribution in [0.3, 0.4) is 0 Å². The Bertz CT molecular complexity index is 1470. The molecule has 2 N–H and O–H groups in total. The first-order valence-electron chi connectivity index (χ1n) is 11.6. The highest BCUT2D eigenvalue weighted by Crippen LogP contribution is 2.56. The van der Waals surface area contributed by atoms with Crippen molar-refractivity contribution < 1.29 is 50.5 Å². The molecule has 11 nitrogen and oxygen atoms in total. The third-order valence-corrected chi connectivity index (χ3v) is 8.08. The van der Waals surface area contributed by atoms with Crippen LogP contribution in [0.15, 0.2) is 70.4 Å². The molecule has 0 spiro atoms. The molecule has 3 atom stereocenters. The molecule has 1 aliphatic heterocycles. The van der Waals surface area contributed by atoms with Crippen molar-refractivity contribution in [3.05, 3.63) is 81.6 Å². The topological polar surface area (TPSA) is 130 Å². The lowest BCUT2D eigenvalue weighted by Crippen LogP contribution is -2.57. The number of nitrogens with one attached hydrogen (secondary N) is 1. The lowest BCUT2D eigenvalue weighted by Gasteiger charge is -2.34. The van der Waals surface area contributed by atoms with E-state index in [1.807, 2.05) is 0 Å². The monoisotopic (exact) mass is 622 g/mol. The minimum Gasteiger partial charge on any atom is -0.497 e. The number of halogens is 4. The van der Waals surface area contributed by atoms with Gasteiger partial charge in [0.2, 0.25) is 5.60 Å². The molecule has 1 saturated heterocycles. The van der Waals surface area contributed by atoms with Crippen LogP contribution in [0.5, 0.6) is 23.0 Å². The zero-order chi connectivity index (χ0) is 30.0. The maximum absolute atomic E-state index is 15.4. The molecule has 0 saturated carbocycles. The van der Waals surface area contributed by atoms with Gasteiger partial charge in [0.1, 0.15) is 23.0 Å². The largest absolute Gasteiger partial charge is 0.497 e. The molecule has 1 aromatic heterocycles. The molecule has 1 unspecified atom stereocenters. The first-order chi connectivity index (χ1) is 19.3. The Balaban J connectivity index is 1.68. The summed E-state index contributed by atoms with van der Waals surface area (Å²) in [7, 11) is 2.84. The average Bonchev–Trinajstić information content (AvgIpc) is 3.14. The lowest BCUT2D eigenvalue weighted by molar-refractivity contribution is -0.242. The number of rotatable bonds is 11. The Kier molecular flexibility index (Phi) is 8.80. The highest BCUT2D eigenvalue weighted by atomic mass is 32.5. The van der Waals surface area contributed by atoms with Gasteiger partial charge in [-0.25, -0.2) is 13.6 Å². The van der Waals surface area contributed by atoms with E-state index in [0.29, 0.717) is 16.1 Å². The van der Waals surface area contributed by atoms with Crippen LogP contribution in [0, 0.1) is 0 Å². The molecule has 41 heavy (non-hydrogen) atoms. The third-order valence-electron chi connectivity index (χ3n) is 6.01. The molecule has 0 bridgehead atoms. The number of methoxy groups -OCH3 is 2. The van der Waals surface area contributed by atoms with Crippen LogP contribution >= 0.6 is 6.72 Å². The van der Waals surface area contributed by atoms with E-state index < -0.39 is 54.9 Å². The third kappa shape index (κ3) is 6.11. The van der Waals surface area contributed by atoms with E-state index in [4.69, 9.17) is 39.6 Å². The number of aromatic nitrogens is 2. The Labute approximate surface area is 234 Å². The first kappa shape index (κ1) is 30.5.